The number of hydrogen-bond acceptors (Lipinski definition) is 3. The molecule has 2 aromatic carbocycles. The van der Waals surface area contributed by atoms with Crippen LogP contribution in [-0.2, 0) is 11.2 Å². The van der Waals surface area contributed by atoms with Crippen LogP contribution in [0.15, 0.2) is 53.6 Å². The number of carbonyl (C=O) groups is 1. The molecule has 0 radical (unpaired) electrons. The summed E-state index contributed by atoms with van der Waals surface area (Å²) < 4.78 is 5.46. The molecule has 0 aliphatic heterocycles. The number of rotatable bonds is 6. The number of amides is 1. The lowest BCUT2D eigenvalue weighted by Crippen LogP contribution is -2.25. The highest BCUT2D eigenvalue weighted by atomic mass is 35.5. The quantitative estimate of drug-likeness (QED) is 0.647. The highest BCUT2D eigenvalue weighted by molar-refractivity contribution is 6.30. The lowest BCUT2D eigenvalue weighted by molar-refractivity contribution is -0.123. The summed E-state index contributed by atoms with van der Waals surface area (Å²) in [6.07, 6.45) is 0.693. The summed E-state index contributed by atoms with van der Waals surface area (Å²) in [5.74, 6) is 0.335. The van der Waals surface area contributed by atoms with E-state index in [-0.39, 0.29) is 12.5 Å². The van der Waals surface area contributed by atoms with Crippen LogP contribution < -0.4 is 10.2 Å². The minimum absolute atomic E-state index is 0.0927. The third-order valence-electron chi connectivity index (χ3n) is 3.17. The van der Waals surface area contributed by atoms with Crippen LogP contribution in [0.5, 0.6) is 5.75 Å². The number of carbonyl (C=O) groups excluding carboxylic acids is 1. The second-order valence-corrected chi connectivity index (χ2v) is 5.68. The molecule has 1 amide bonds. The van der Waals surface area contributed by atoms with Gasteiger partial charge in [0.05, 0.1) is 0 Å². The maximum absolute atomic E-state index is 11.8. The average molecular weight is 331 g/mol. The van der Waals surface area contributed by atoms with Gasteiger partial charge in [-0.15, -0.1) is 0 Å². The van der Waals surface area contributed by atoms with Crippen molar-refractivity contribution in [3.8, 4) is 5.75 Å². The third-order valence-corrected chi connectivity index (χ3v) is 3.41. The van der Waals surface area contributed by atoms with E-state index in [1.165, 1.54) is 0 Å². The number of benzene rings is 2. The topological polar surface area (TPSA) is 50.7 Å². The molecule has 23 heavy (non-hydrogen) atoms. The first-order valence-electron chi connectivity index (χ1n) is 7.29. The Labute approximate surface area is 141 Å². The van der Waals surface area contributed by atoms with E-state index in [1.54, 1.807) is 18.2 Å². The Morgan fingerprint density at radius 1 is 1.22 bits per heavy atom. The SMILES string of the molecule is C/C(Cc1ccccc1)=N/NC(=O)COc1ccc(Cl)cc1C. The van der Waals surface area contributed by atoms with Gasteiger partial charge in [0.2, 0.25) is 0 Å². The molecule has 0 bridgehead atoms. The Balaban J connectivity index is 1.81. The van der Waals surface area contributed by atoms with Gasteiger partial charge in [-0.1, -0.05) is 41.9 Å². The molecule has 0 aliphatic rings. The standard InChI is InChI=1S/C18H19ClN2O2/c1-13-10-16(19)8-9-17(13)23-12-18(22)21-20-14(2)11-15-6-4-3-5-7-15/h3-10H,11-12H2,1-2H3,(H,21,22)/b20-14-. The summed E-state index contributed by atoms with van der Waals surface area (Å²) in [6.45, 7) is 3.66. The van der Waals surface area contributed by atoms with Crippen molar-refractivity contribution in [3.05, 3.63) is 64.7 Å². The maximum Gasteiger partial charge on any atom is 0.277 e. The first kappa shape index (κ1) is 17.0. The second kappa shape index (κ2) is 8.34. The van der Waals surface area contributed by atoms with Gasteiger partial charge in [0.15, 0.2) is 6.61 Å². The fourth-order valence-electron chi connectivity index (χ4n) is 2.04. The van der Waals surface area contributed by atoms with Crippen molar-refractivity contribution >= 4 is 23.2 Å². The van der Waals surface area contributed by atoms with Crippen LogP contribution in [0.3, 0.4) is 0 Å². The number of ether oxygens (including phenoxy) is 1. The van der Waals surface area contributed by atoms with Crippen LogP contribution in [0.1, 0.15) is 18.1 Å². The van der Waals surface area contributed by atoms with Gasteiger partial charge in [-0.05, 0) is 43.2 Å². The van der Waals surface area contributed by atoms with Crippen LogP contribution in [0.4, 0.5) is 0 Å². The smallest absolute Gasteiger partial charge is 0.277 e. The monoisotopic (exact) mass is 330 g/mol. The number of aryl methyl sites for hydroxylation is 1. The van der Waals surface area contributed by atoms with E-state index in [4.69, 9.17) is 16.3 Å². The van der Waals surface area contributed by atoms with Crippen LogP contribution in [0.25, 0.3) is 0 Å². The van der Waals surface area contributed by atoms with Crippen molar-refractivity contribution in [1.82, 2.24) is 5.43 Å². The normalized spacial score (nSPS) is 11.2. The Morgan fingerprint density at radius 2 is 1.96 bits per heavy atom. The van der Waals surface area contributed by atoms with Crippen LogP contribution in [0, 0.1) is 6.92 Å². The molecule has 0 aliphatic carbocycles. The Kier molecular flexibility index (Phi) is 6.18. The van der Waals surface area contributed by atoms with Gasteiger partial charge >= 0.3 is 0 Å². The second-order valence-electron chi connectivity index (χ2n) is 5.24. The van der Waals surface area contributed by atoms with Crippen molar-refractivity contribution in [2.24, 2.45) is 5.10 Å². The van der Waals surface area contributed by atoms with E-state index in [0.717, 1.165) is 16.8 Å². The van der Waals surface area contributed by atoms with E-state index in [2.05, 4.69) is 10.5 Å². The predicted molar refractivity (Wildman–Crippen MR) is 93.1 cm³/mol. The lowest BCUT2D eigenvalue weighted by atomic mass is 10.1. The van der Waals surface area contributed by atoms with E-state index in [9.17, 15) is 4.79 Å². The summed E-state index contributed by atoms with van der Waals surface area (Å²) >= 11 is 5.88. The van der Waals surface area contributed by atoms with E-state index < -0.39 is 0 Å². The molecule has 0 atom stereocenters. The zero-order valence-electron chi connectivity index (χ0n) is 13.2. The van der Waals surface area contributed by atoms with Gasteiger partial charge in [0.25, 0.3) is 5.91 Å². The van der Waals surface area contributed by atoms with Gasteiger partial charge in [-0.2, -0.15) is 5.10 Å². The first-order valence-corrected chi connectivity index (χ1v) is 7.67. The molecule has 120 valence electrons. The summed E-state index contributed by atoms with van der Waals surface area (Å²) in [6, 6.07) is 15.2. The molecule has 5 heteroatoms. The average Bonchev–Trinajstić information content (AvgIpc) is 2.53. The highest BCUT2D eigenvalue weighted by Gasteiger charge is 2.05. The maximum atomic E-state index is 11.8. The summed E-state index contributed by atoms with van der Waals surface area (Å²) in [5.41, 5.74) is 5.36. The van der Waals surface area contributed by atoms with Crippen molar-refractivity contribution in [1.29, 1.82) is 0 Å². The zero-order chi connectivity index (χ0) is 16.7. The van der Waals surface area contributed by atoms with Crippen molar-refractivity contribution in [2.75, 3.05) is 6.61 Å². The molecule has 4 nitrogen and oxygen atoms in total. The molecule has 0 unspecified atom stereocenters. The van der Waals surface area contributed by atoms with E-state index in [1.807, 2.05) is 44.2 Å². The number of nitrogens with one attached hydrogen (secondary N) is 1. The molecule has 0 aromatic heterocycles. The largest absolute Gasteiger partial charge is 0.483 e. The van der Waals surface area contributed by atoms with Crippen LogP contribution in [0.2, 0.25) is 5.02 Å². The van der Waals surface area contributed by atoms with Gasteiger partial charge in [0.1, 0.15) is 5.75 Å². The van der Waals surface area contributed by atoms with Gasteiger partial charge < -0.3 is 4.74 Å². The summed E-state index contributed by atoms with van der Waals surface area (Å²) in [4.78, 5) is 11.8. The van der Waals surface area contributed by atoms with Gasteiger partial charge in [-0.3, -0.25) is 4.79 Å². The molecular weight excluding hydrogens is 312 g/mol. The zero-order valence-corrected chi connectivity index (χ0v) is 13.9. The molecular formula is C18H19ClN2O2. The van der Waals surface area contributed by atoms with Gasteiger partial charge in [-0.25, -0.2) is 5.43 Å². The highest BCUT2D eigenvalue weighted by Crippen LogP contribution is 2.21. The summed E-state index contributed by atoms with van der Waals surface area (Å²) in [7, 11) is 0. The molecule has 2 aromatic rings. The fourth-order valence-corrected chi connectivity index (χ4v) is 2.27. The third kappa shape index (κ3) is 5.75. The minimum Gasteiger partial charge on any atom is -0.483 e. The van der Waals surface area contributed by atoms with Crippen molar-refractivity contribution in [3.63, 3.8) is 0 Å². The van der Waals surface area contributed by atoms with Crippen LogP contribution in [-0.4, -0.2) is 18.2 Å². The lowest BCUT2D eigenvalue weighted by Gasteiger charge is -2.08. The predicted octanol–water partition coefficient (Wildman–Crippen LogP) is 3.76. The van der Waals surface area contributed by atoms with Crippen molar-refractivity contribution in [2.45, 2.75) is 20.3 Å². The summed E-state index contributed by atoms with van der Waals surface area (Å²) in [5, 5.41) is 4.72. The van der Waals surface area contributed by atoms with E-state index in [0.29, 0.717) is 17.2 Å². The number of nitrogens with zero attached hydrogens (tertiary/aromatic N) is 1. The molecule has 0 spiro atoms. The molecule has 0 heterocycles. The number of halogens is 1. The number of hydrogen-bond donors (Lipinski definition) is 1. The van der Waals surface area contributed by atoms with Crippen molar-refractivity contribution < 1.29 is 9.53 Å². The van der Waals surface area contributed by atoms with E-state index >= 15 is 0 Å². The molecule has 0 fully saturated rings. The fraction of sp³-hybridized carbons (Fsp3) is 0.222. The Hall–Kier alpha value is -2.33. The first-order chi connectivity index (χ1) is 11.0. The van der Waals surface area contributed by atoms with Gasteiger partial charge in [0, 0.05) is 17.2 Å². The van der Waals surface area contributed by atoms with Crippen LogP contribution >= 0.6 is 11.6 Å². The molecule has 2 rings (SSSR count). The minimum atomic E-state index is -0.299. The Bertz CT molecular complexity index is 699. The molecule has 0 saturated heterocycles. The Morgan fingerprint density at radius 3 is 2.65 bits per heavy atom. The molecule has 1 N–H and O–H groups in total. The molecule has 0 saturated carbocycles. The number of hydrazone groups is 1.